The standard InChI is InChI=1S/C19H14N4O/c24-18-9-16(12-5-1-4-8-15(12)22-18)23-11-21-19-13-6-2-3-7-14(13)20-10-17(19)23/h1-10,21H,11H2,(H,22,24). The zero-order valence-corrected chi connectivity index (χ0v) is 12.8. The lowest BCUT2D eigenvalue weighted by Gasteiger charge is -2.19. The summed E-state index contributed by atoms with van der Waals surface area (Å²) in [7, 11) is 0. The zero-order chi connectivity index (χ0) is 16.1. The first-order chi connectivity index (χ1) is 11.8. The van der Waals surface area contributed by atoms with E-state index >= 15 is 0 Å². The van der Waals surface area contributed by atoms with Crippen LogP contribution in [0.3, 0.4) is 0 Å². The van der Waals surface area contributed by atoms with Crippen molar-refractivity contribution >= 4 is 38.9 Å². The van der Waals surface area contributed by atoms with E-state index in [2.05, 4.69) is 26.3 Å². The Morgan fingerprint density at radius 2 is 1.75 bits per heavy atom. The molecule has 0 atom stereocenters. The molecule has 2 N–H and O–H groups in total. The van der Waals surface area contributed by atoms with E-state index in [0.717, 1.165) is 38.9 Å². The molecule has 5 rings (SSSR count). The average molecular weight is 314 g/mol. The molecule has 3 heterocycles. The van der Waals surface area contributed by atoms with Crippen molar-refractivity contribution in [1.82, 2.24) is 9.97 Å². The number of rotatable bonds is 1. The number of nitrogens with one attached hydrogen (secondary N) is 2. The molecule has 116 valence electrons. The fourth-order valence-corrected chi connectivity index (χ4v) is 3.39. The summed E-state index contributed by atoms with van der Waals surface area (Å²) in [5, 5.41) is 5.55. The van der Waals surface area contributed by atoms with Gasteiger partial charge in [-0.25, -0.2) is 0 Å². The number of nitrogens with zero attached hydrogens (tertiary/aromatic N) is 2. The third-order valence-electron chi connectivity index (χ3n) is 4.48. The third kappa shape index (κ3) is 1.81. The molecule has 0 fully saturated rings. The lowest BCUT2D eigenvalue weighted by atomic mass is 10.1. The minimum absolute atomic E-state index is 0.106. The molecule has 1 aliphatic rings. The van der Waals surface area contributed by atoms with Crippen LogP contribution in [0.4, 0.5) is 17.1 Å². The summed E-state index contributed by atoms with van der Waals surface area (Å²) in [5.41, 5.74) is 4.63. The Hall–Kier alpha value is -3.34. The minimum Gasteiger partial charge on any atom is -0.365 e. The van der Waals surface area contributed by atoms with Gasteiger partial charge in [0.2, 0.25) is 0 Å². The number of fused-ring (bicyclic) bond motifs is 4. The molecule has 0 amide bonds. The van der Waals surface area contributed by atoms with Gasteiger partial charge in [0, 0.05) is 16.8 Å². The molecule has 2 aromatic carbocycles. The maximum atomic E-state index is 12.1. The van der Waals surface area contributed by atoms with Gasteiger partial charge in [-0.2, -0.15) is 0 Å². The lowest BCUT2D eigenvalue weighted by Crippen LogP contribution is -2.19. The van der Waals surface area contributed by atoms with Crippen molar-refractivity contribution < 1.29 is 0 Å². The molecule has 0 bridgehead atoms. The molecule has 5 nitrogen and oxygen atoms in total. The predicted octanol–water partition coefficient (Wildman–Crippen LogP) is 3.60. The first-order valence-electron chi connectivity index (χ1n) is 7.82. The monoisotopic (exact) mass is 314 g/mol. The largest absolute Gasteiger partial charge is 0.365 e. The molecule has 2 aromatic heterocycles. The highest BCUT2D eigenvalue weighted by atomic mass is 16.1. The number of pyridine rings is 2. The van der Waals surface area contributed by atoms with Gasteiger partial charge in [-0.15, -0.1) is 0 Å². The summed E-state index contributed by atoms with van der Waals surface area (Å²) in [6.45, 7) is 0.610. The number of para-hydroxylation sites is 2. The Morgan fingerprint density at radius 3 is 2.67 bits per heavy atom. The van der Waals surface area contributed by atoms with Crippen LogP contribution in [-0.4, -0.2) is 16.6 Å². The van der Waals surface area contributed by atoms with Gasteiger partial charge in [0.05, 0.1) is 41.0 Å². The van der Waals surface area contributed by atoms with Crippen LogP contribution in [0, 0.1) is 0 Å². The Balaban J connectivity index is 1.77. The number of H-pyrrole nitrogens is 1. The van der Waals surface area contributed by atoms with Crippen molar-refractivity contribution in [2.75, 3.05) is 16.9 Å². The van der Waals surface area contributed by atoms with Crippen LogP contribution >= 0.6 is 0 Å². The van der Waals surface area contributed by atoms with Crippen LogP contribution in [0.15, 0.2) is 65.6 Å². The maximum absolute atomic E-state index is 12.1. The molecule has 24 heavy (non-hydrogen) atoms. The van der Waals surface area contributed by atoms with Gasteiger partial charge < -0.3 is 15.2 Å². The summed E-state index contributed by atoms with van der Waals surface area (Å²) in [6, 6.07) is 17.6. The maximum Gasteiger partial charge on any atom is 0.250 e. The summed E-state index contributed by atoms with van der Waals surface area (Å²) in [6.07, 6.45) is 1.87. The molecular formula is C19H14N4O. The van der Waals surface area contributed by atoms with Gasteiger partial charge in [-0.3, -0.25) is 9.78 Å². The highest BCUT2D eigenvalue weighted by Crippen LogP contribution is 2.41. The van der Waals surface area contributed by atoms with Gasteiger partial charge >= 0.3 is 0 Å². The lowest BCUT2D eigenvalue weighted by molar-refractivity contribution is 1.09. The van der Waals surface area contributed by atoms with Gasteiger partial charge in [0.1, 0.15) is 0 Å². The zero-order valence-electron chi connectivity index (χ0n) is 12.8. The molecule has 0 aliphatic carbocycles. The number of aromatic amines is 1. The fourth-order valence-electron chi connectivity index (χ4n) is 3.39. The minimum atomic E-state index is -0.106. The van der Waals surface area contributed by atoms with E-state index in [1.807, 2.05) is 48.7 Å². The Kier molecular flexibility index (Phi) is 2.64. The second-order valence-electron chi connectivity index (χ2n) is 5.86. The molecule has 1 aliphatic heterocycles. The summed E-state index contributed by atoms with van der Waals surface area (Å²) in [5.74, 6) is 0. The van der Waals surface area contributed by atoms with E-state index in [4.69, 9.17) is 0 Å². The van der Waals surface area contributed by atoms with Crippen molar-refractivity contribution in [3.8, 4) is 0 Å². The quantitative estimate of drug-likeness (QED) is 0.563. The normalized spacial score (nSPS) is 13.2. The molecule has 0 radical (unpaired) electrons. The van der Waals surface area contributed by atoms with Crippen LogP contribution < -0.4 is 15.8 Å². The van der Waals surface area contributed by atoms with Gasteiger partial charge in [-0.05, 0) is 12.1 Å². The van der Waals surface area contributed by atoms with Gasteiger partial charge in [0.25, 0.3) is 5.56 Å². The van der Waals surface area contributed by atoms with Crippen molar-refractivity contribution in [1.29, 1.82) is 0 Å². The third-order valence-corrected chi connectivity index (χ3v) is 4.48. The smallest absolute Gasteiger partial charge is 0.250 e. The first-order valence-corrected chi connectivity index (χ1v) is 7.82. The molecular weight excluding hydrogens is 300 g/mol. The van der Waals surface area contributed by atoms with Crippen molar-refractivity contribution in [2.24, 2.45) is 0 Å². The van der Waals surface area contributed by atoms with Crippen LogP contribution in [-0.2, 0) is 0 Å². The second-order valence-corrected chi connectivity index (χ2v) is 5.86. The van der Waals surface area contributed by atoms with Crippen LogP contribution in [0.25, 0.3) is 21.8 Å². The Morgan fingerprint density at radius 1 is 0.958 bits per heavy atom. The number of hydrogen-bond donors (Lipinski definition) is 2. The molecule has 0 spiro atoms. The van der Waals surface area contributed by atoms with E-state index < -0.39 is 0 Å². The van der Waals surface area contributed by atoms with E-state index in [1.54, 1.807) is 6.07 Å². The second kappa shape index (κ2) is 4.83. The number of anilines is 3. The van der Waals surface area contributed by atoms with Crippen LogP contribution in [0.5, 0.6) is 0 Å². The first kappa shape index (κ1) is 13.1. The fraction of sp³-hybridized carbons (Fsp3) is 0.0526. The van der Waals surface area contributed by atoms with Crippen molar-refractivity contribution in [3.63, 3.8) is 0 Å². The van der Waals surface area contributed by atoms with E-state index in [-0.39, 0.29) is 5.56 Å². The van der Waals surface area contributed by atoms with Gasteiger partial charge in [0.15, 0.2) is 0 Å². The van der Waals surface area contributed by atoms with Gasteiger partial charge in [-0.1, -0.05) is 36.4 Å². The highest BCUT2D eigenvalue weighted by molar-refractivity contribution is 6.03. The molecule has 0 unspecified atom stereocenters. The predicted molar refractivity (Wildman–Crippen MR) is 96.9 cm³/mol. The SMILES string of the molecule is O=c1cc(N2CNc3c2cnc2ccccc32)c2ccccc2[nH]1. The summed E-state index contributed by atoms with van der Waals surface area (Å²) < 4.78 is 0. The average Bonchev–Trinajstić information content (AvgIpc) is 3.05. The van der Waals surface area contributed by atoms with Crippen LogP contribution in [0.1, 0.15) is 0 Å². The van der Waals surface area contributed by atoms with Crippen molar-refractivity contribution in [3.05, 3.63) is 71.1 Å². The summed E-state index contributed by atoms with van der Waals surface area (Å²) >= 11 is 0. The van der Waals surface area contributed by atoms with Crippen molar-refractivity contribution in [2.45, 2.75) is 0 Å². The molecule has 4 aromatic rings. The number of benzene rings is 2. The molecule has 0 saturated carbocycles. The summed E-state index contributed by atoms with van der Waals surface area (Å²) in [4.78, 5) is 21.6. The Labute approximate surface area is 137 Å². The topological polar surface area (TPSA) is 61.0 Å². The Bertz CT molecular complexity index is 1150. The van der Waals surface area contributed by atoms with Crippen LogP contribution in [0.2, 0.25) is 0 Å². The highest BCUT2D eigenvalue weighted by Gasteiger charge is 2.24. The molecule has 5 heteroatoms. The number of hydrogen-bond acceptors (Lipinski definition) is 4. The number of aromatic nitrogens is 2. The van der Waals surface area contributed by atoms with E-state index in [0.29, 0.717) is 6.67 Å². The molecule has 0 saturated heterocycles. The van der Waals surface area contributed by atoms with E-state index in [1.165, 1.54) is 0 Å². The van der Waals surface area contributed by atoms with E-state index in [9.17, 15) is 4.79 Å².